The highest BCUT2D eigenvalue weighted by molar-refractivity contribution is 7.99. The normalized spacial score (nSPS) is 10.7. The lowest BCUT2D eigenvalue weighted by Crippen LogP contribution is -2.02. The van der Waals surface area contributed by atoms with Gasteiger partial charge in [0, 0.05) is 5.56 Å². The highest BCUT2D eigenvalue weighted by Crippen LogP contribution is 2.27. The second kappa shape index (κ2) is 6.89. The summed E-state index contributed by atoms with van der Waals surface area (Å²) in [5.41, 5.74) is 0.495. The van der Waals surface area contributed by atoms with Gasteiger partial charge < -0.3 is 13.6 Å². The topological polar surface area (TPSA) is 78.4 Å². The van der Waals surface area contributed by atoms with E-state index in [1.54, 1.807) is 30.3 Å². The van der Waals surface area contributed by atoms with Crippen molar-refractivity contribution in [3.8, 4) is 17.4 Å². The van der Waals surface area contributed by atoms with Crippen molar-refractivity contribution in [1.82, 2.24) is 10.2 Å². The predicted octanol–water partition coefficient (Wildman–Crippen LogP) is 3.97. The van der Waals surface area contributed by atoms with Crippen LogP contribution in [-0.2, 0) is 0 Å². The number of benzene rings is 1. The maximum atomic E-state index is 12.2. The molecule has 0 radical (unpaired) electrons. The number of furan rings is 1. The zero-order valence-corrected chi connectivity index (χ0v) is 13.6. The van der Waals surface area contributed by atoms with E-state index in [1.165, 1.54) is 13.4 Å². The molecule has 0 saturated carbocycles. The van der Waals surface area contributed by atoms with Gasteiger partial charge in [0.1, 0.15) is 5.75 Å². The number of rotatable bonds is 6. The van der Waals surface area contributed by atoms with Crippen LogP contribution in [0.5, 0.6) is 5.75 Å². The molecule has 6 nitrogen and oxygen atoms in total. The Morgan fingerprint density at radius 1 is 1.35 bits per heavy atom. The lowest BCUT2D eigenvalue weighted by atomic mass is 10.1. The lowest BCUT2D eigenvalue weighted by molar-refractivity contribution is 0.102. The number of methoxy groups -OCH3 is 1. The van der Waals surface area contributed by atoms with Gasteiger partial charge in [-0.05, 0) is 30.3 Å². The predicted molar refractivity (Wildman–Crippen MR) is 85.1 cm³/mol. The Kier molecular flexibility index (Phi) is 4.68. The minimum atomic E-state index is -0.0997. The van der Waals surface area contributed by atoms with Gasteiger partial charge in [0.05, 0.1) is 24.1 Å². The summed E-state index contributed by atoms with van der Waals surface area (Å²) in [4.78, 5) is 12.2. The second-order valence-electron chi connectivity index (χ2n) is 4.41. The lowest BCUT2D eigenvalue weighted by Gasteiger charge is -2.04. The molecule has 0 aliphatic heterocycles. The molecule has 0 amide bonds. The maximum Gasteiger partial charge on any atom is 0.284 e. The highest BCUT2D eigenvalue weighted by atomic mass is 35.5. The number of halogens is 1. The van der Waals surface area contributed by atoms with E-state index in [-0.39, 0.29) is 17.4 Å². The van der Waals surface area contributed by atoms with Crippen molar-refractivity contribution in [2.75, 3.05) is 12.9 Å². The van der Waals surface area contributed by atoms with Gasteiger partial charge in [-0.2, -0.15) is 0 Å². The molecule has 0 saturated heterocycles. The van der Waals surface area contributed by atoms with Crippen LogP contribution in [0.3, 0.4) is 0 Å². The minimum absolute atomic E-state index is 0.0997. The van der Waals surface area contributed by atoms with E-state index in [4.69, 9.17) is 25.2 Å². The number of Topliss-reactive ketones (excluding diaryl/α,β-unsaturated/α-hetero) is 1. The summed E-state index contributed by atoms with van der Waals surface area (Å²) in [7, 11) is 1.52. The molecule has 1 aromatic carbocycles. The number of thioether (sulfide) groups is 1. The average Bonchev–Trinajstić information content (AvgIpc) is 3.23. The Morgan fingerprint density at radius 3 is 2.91 bits per heavy atom. The molecule has 8 heteroatoms. The monoisotopic (exact) mass is 350 g/mol. The first-order valence-corrected chi connectivity index (χ1v) is 7.90. The summed E-state index contributed by atoms with van der Waals surface area (Å²) in [5.74, 6) is 1.34. The molecule has 23 heavy (non-hydrogen) atoms. The van der Waals surface area contributed by atoms with Crippen LogP contribution < -0.4 is 4.74 Å². The van der Waals surface area contributed by atoms with Crippen LogP contribution in [0.4, 0.5) is 0 Å². The van der Waals surface area contributed by atoms with Crippen molar-refractivity contribution in [3.63, 3.8) is 0 Å². The summed E-state index contributed by atoms with van der Waals surface area (Å²) in [6.45, 7) is 0. The number of hydrogen-bond donors (Lipinski definition) is 0. The quantitative estimate of drug-likeness (QED) is 0.491. The van der Waals surface area contributed by atoms with Crippen molar-refractivity contribution < 1.29 is 18.4 Å². The van der Waals surface area contributed by atoms with Crippen molar-refractivity contribution in [2.24, 2.45) is 0 Å². The number of aromatic nitrogens is 2. The van der Waals surface area contributed by atoms with Gasteiger partial charge in [-0.1, -0.05) is 23.4 Å². The second-order valence-corrected chi connectivity index (χ2v) is 5.75. The van der Waals surface area contributed by atoms with E-state index in [0.717, 1.165) is 11.8 Å². The third-order valence-corrected chi connectivity index (χ3v) is 4.05. The number of carbonyl (C=O) groups is 1. The maximum absolute atomic E-state index is 12.2. The largest absolute Gasteiger partial charge is 0.495 e. The molecule has 0 N–H and O–H groups in total. The minimum Gasteiger partial charge on any atom is -0.495 e. The Balaban J connectivity index is 1.64. The molecular weight excluding hydrogens is 340 g/mol. The molecule has 0 spiro atoms. The Bertz CT molecular complexity index is 817. The Morgan fingerprint density at radius 2 is 2.22 bits per heavy atom. The van der Waals surface area contributed by atoms with Crippen LogP contribution in [0.15, 0.2) is 50.7 Å². The molecule has 0 aliphatic carbocycles. The number of ether oxygens (including phenoxy) is 1. The molecule has 0 atom stereocenters. The van der Waals surface area contributed by atoms with E-state index in [1.807, 2.05) is 0 Å². The first kappa shape index (κ1) is 15.6. The average molecular weight is 351 g/mol. The van der Waals surface area contributed by atoms with Gasteiger partial charge in [0.15, 0.2) is 11.5 Å². The van der Waals surface area contributed by atoms with Crippen LogP contribution >= 0.6 is 23.4 Å². The SMILES string of the molecule is COc1ccc(C(=O)CSc2nnc(-c3ccco3)o2)cc1Cl. The number of hydrogen-bond acceptors (Lipinski definition) is 7. The standard InChI is InChI=1S/C15H11ClN2O4S/c1-20-12-5-4-9(7-10(12)16)11(19)8-23-15-18-17-14(22-15)13-3-2-6-21-13/h2-7H,8H2,1H3. The molecule has 2 heterocycles. The van der Waals surface area contributed by atoms with Crippen LogP contribution in [0.2, 0.25) is 5.02 Å². The van der Waals surface area contributed by atoms with Crippen LogP contribution in [0, 0.1) is 0 Å². The molecule has 0 fully saturated rings. The number of nitrogens with zero attached hydrogens (tertiary/aromatic N) is 2. The van der Waals surface area contributed by atoms with E-state index in [0.29, 0.717) is 27.3 Å². The molecular formula is C15H11ClN2O4S. The summed E-state index contributed by atoms with van der Waals surface area (Å²) in [5, 5.41) is 8.42. The van der Waals surface area contributed by atoms with Gasteiger partial charge in [-0.15, -0.1) is 10.2 Å². The summed E-state index contributed by atoms with van der Waals surface area (Å²) in [6.07, 6.45) is 1.52. The highest BCUT2D eigenvalue weighted by Gasteiger charge is 2.14. The van der Waals surface area contributed by atoms with Crippen molar-refractivity contribution in [1.29, 1.82) is 0 Å². The first-order chi connectivity index (χ1) is 11.2. The molecule has 0 unspecified atom stereocenters. The molecule has 118 valence electrons. The Labute approximate surface area is 140 Å². The summed E-state index contributed by atoms with van der Waals surface area (Å²) in [6, 6.07) is 8.33. The van der Waals surface area contributed by atoms with Gasteiger partial charge in [-0.25, -0.2) is 0 Å². The van der Waals surface area contributed by atoms with E-state index in [2.05, 4.69) is 10.2 Å². The number of ketones is 1. The molecule has 3 aromatic rings. The molecule has 0 bridgehead atoms. The molecule has 0 aliphatic rings. The fourth-order valence-electron chi connectivity index (χ4n) is 1.82. The van der Waals surface area contributed by atoms with Crippen molar-refractivity contribution >= 4 is 29.1 Å². The third kappa shape index (κ3) is 3.57. The fraction of sp³-hybridized carbons (Fsp3) is 0.133. The molecule has 2 aromatic heterocycles. The van der Waals surface area contributed by atoms with Crippen LogP contribution in [-0.4, -0.2) is 28.8 Å². The van der Waals surface area contributed by atoms with Crippen LogP contribution in [0.25, 0.3) is 11.7 Å². The van der Waals surface area contributed by atoms with Crippen LogP contribution in [0.1, 0.15) is 10.4 Å². The van der Waals surface area contributed by atoms with Gasteiger partial charge >= 0.3 is 0 Å². The van der Waals surface area contributed by atoms with Gasteiger partial charge in [-0.3, -0.25) is 4.79 Å². The number of carbonyl (C=O) groups excluding carboxylic acids is 1. The van der Waals surface area contributed by atoms with Crippen molar-refractivity contribution in [3.05, 3.63) is 47.2 Å². The molecule has 3 rings (SSSR count). The van der Waals surface area contributed by atoms with Gasteiger partial charge in [0.2, 0.25) is 0 Å². The smallest absolute Gasteiger partial charge is 0.284 e. The first-order valence-electron chi connectivity index (χ1n) is 6.54. The zero-order chi connectivity index (χ0) is 16.2. The van der Waals surface area contributed by atoms with Crippen molar-refractivity contribution in [2.45, 2.75) is 5.22 Å². The fourth-order valence-corrected chi connectivity index (χ4v) is 2.73. The summed E-state index contributed by atoms with van der Waals surface area (Å²) >= 11 is 7.17. The zero-order valence-electron chi connectivity index (χ0n) is 12.0. The van der Waals surface area contributed by atoms with E-state index < -0.39 is 0 Å². The Hall–Kier alpha value is -2.25. The van der Waals surface area contributed by atoms with Gasteiger partial charge in [0.25, 0.3) is 11.1 Å². The van der Waals surface area contributed by atoms with E-state index >= 15 is 0 Å². The third-order valence-electron chi connectivity index (χ3n) is 2.94. The van der Waals surface area contributed by atoms with E-state index in [9.17, 15) is 4.79 Å². The summed E-state index contributed by atoms with van der Waals surface area (Å²) < 4.78 is 15.6.